The summed E-state index contributed by atoms with van der Waals surface area (Å²) >= 11 is 0. The number of rotatable bonds is 2. The molecule has 13 heavy (non-hydrogen) atoms. The van der Waals surface area contributed by atoms with E-state index in [1.54, 1.807) is 31.2 Å². The fraction of sp³-hybridized carbons (Fsp3) is 0.200. The summed E-state index contributed by atoms with van der Waals surface area (Å²) in [6.07, 6.45) is 0. The lowest BCUT2D eigenvalue weighted by molar-refractivity contribution is 0.101. The van der Waals surface area contributed by atoms with Crippen LogP contribution in [0, 0.1) is 0 Å². The van der Waals surface area contributed by atoms with Crippen molar-refractivity contribution in [3.05, 3.63) is 35.4 Å². The van der Waals surface area contributed by atoms with Gasteiger partial charge in [-0.2, -0.15) is 0 Å². The van der Waals surface area contributed by atoms with Crippen LogP contribution in [0.4, 0.5) is 0 Å². The summed E-state index contributed by atoms with van der Waals surface area (Å²) in [7, 11) is 0. The average molecular weight is 177 g/mol. The molecule has 3 heteroatoms. The first-order valence-corrected chi connectivity index (χ1v) is 3.95. The lowest BCUT2D eigenvalue weighted by atomic mass is 10.1. The van der Waals surface area contributed by atoms with Crippen LogP contribution in [0.5, 0.6) is 0 Å². The molecular weight excluding hydrogens is 166 g/mol. The van der Waals surface area contributed by atoms with Gasteiger partial charge in [-0.05, 0) is 19.4 Å². The first kappa shape index (κ1) is 9.45. The number of Topliss-reactive ketones (excluding diaryl/α,β-unsaturated/α-hetero) is 1. The maximum absolute atomic E-state index is 10.9. The zero-order valence-corrected chi connectivity index (χ0v) is 7.61. The lowest BCUT2D eigenvalue weighted by Gasteiger charge is -1.99. The predicted molar refractivity (Wildman–Crippen MR) is 50.4 cm³/mol. The standard InChI is InChI=1S/C10H11NO2/c1-7(11-13)9-3-5-10(6-4-9)8(2)12/h3-6,13H,1-2H3/b11-7+. The molecule has 1 aromatic carbocycles. The van der Waals surface area contributed by atoms with E-state index in [-0.39, 0.29) is 5.78 Å². The molecule has 0 radical (unpaired) electrons. The predicted octanol–water partition coefficient (Wildman–Crippen LogP) is 2.09. The van der Waals surface area contributed by atoms with Gasteiger partial charge in [0.1, 0.15) is 0 Å². The molecule has 0 aliphatic rings. The van der Waals surface area contributed by atoms with Gasteiger partial charge in [-0.15, -0.1) is 0 Å². The van der Waals surface area contributed by atoms with E-state index in [0.717, 1.165) is 5.56 Å². The van der Waals surface area contributed by atoms with Crippen molar-refractivity contribution in [1.29, 1.82) is 0 Å². The molecule has 0 aromatic heterocycles. The zero-order valence-electron chi connectivity index (χ0n) is 7.61. The van der Waals surface area contributed by atoms with Crippen LogP contribution < -0.4 is 0 Å². The summed E-state index contributed by atoms with van der Waals surface area (Å²) in [6.45, 7) is 3.21. The van der Waals surface area contributed by atoms with Gasteiger partial charge in [0.15, 0.2) is 5.78 Å². The summed E-state index contributed by atoms with van der Waals surface area (Å²) in [5.41, 5.74) is 2.01. The quantitative estimate of drug-likeness (QED) is 0.325. The minimum atomic E-state index is 0.0325. The highest BCUT2D eigenvalue weighted by atomic mass is 16.4. The Morgan fingerprint density at radius 3 is 2.00 bits per heavy atom. The van der Waals surface area contributed by atoms with Gasteiger partial charge in [0.25, 0.3) is 0 Å². The Bertz CT molecular complexity index is 338. The van der Waals surface area contributed by atoms with Gasteiger partial charge in [0.2, 0.25) is 0 Å². The Morgan fingerprint density at radius 1 is 1.15 bits per heavy atom. The zero-order chi connectivity index (χ0) is 9.84. The van der Waals surface area contributed by atoms with Crippen molar-refractivity contribution in [2.24, 2.45) is 5.16 Å². The normalized spacial score (nSPS) is 11.4. The molecule has 1 rings (SSSR count). The maximum atomic E-state index is 10.9. The van der Waals surface area contributed by atoms with E-state index in [1.165, 1.54) is 6.92 Å². The Labute approximate surface area is 76.7 Å². The van der Waals surface area contributed by atoms with Crippen LogP contribution >= 0.6 is 0 Å². The number of benzene rings is 1. The molecule has 3 nitrogen and oxygen atoms in total. The van der Waals surface area contributed by atoms with Crippen molar-refractivity contribution in [2.75, 3.05) is 0 Å². The van der Waals surface area contributed by atoms with E-state index in [4.69, 9.17) is 5.21 Å². The van der Waals surface area contributed by atoms with Crippen LogP contribution in [0.25, 0.3) is 0 Å². The lowest BCUT2D eigenvalue weighted by Crippen LogP contribution is -1.96. The number of carbonyl (C=O) groups excluding carboxylic acids is 1. The van der Waals surface area contributed by atoms with Crippen LogP contribution in [0.1, 0.15) is 29.8 Å². The molecule has 0 saturated heterocycles. The molecule has 0 amide bonds. The van der Waals surface area contributed by atoms with E-state index in [2.05, 4.69) is 5.16 Å². The Kier molecular flexibility index (Phi) is 2.80. The van der Waals surface area contributed by atoms with Crippen LogP contribution in [-0.4, -0.2) is 16.7 Å². The maximum Gasteiger partial charge on any atom is 0.159 e. The average Bonchev–Trinajstić information content (AvgIpc) is 2.17. The van der Waals surface area contributed by atoms with Gasteiger partial charge in [-0.3, -0.25) is 4.79 Å². The molecule has 0 aliphatic carbocycles. The van der Waals surface area contributed by atoms with Gasteiger partial charge in [-0.1, -0.05) is 29.4 Å². The molecular formula is C10H11NO2. The number of oxime groups is 1. The molecule has 0 atom stereocenters. The SMILES string of the molecule is CC(=O)c1ccc(/C(C)=N/O)cc1. The third-order valence-electron chi connectivity index (χ3n) is 1.86. The van der Waals surface area contributed by atoms with Crippen LogP contribution in [0.15, 0.2) is 29.4 Å². The second-order valence-electron chi connectivity index (χ2n) is 2.82. The van der Waals surface area contributed by atoms with E-state index in [0.29, 0.717) is 11.3 Å². The third kappa shape index (κ3) is 2.15. The molecule has 0 heterocycles. The van der Waals surface area contributed by atoms with Crippen LogP contribution in [-0.2, 0) is 0 Å². The summed E-state index contributed by atoms with van der Waals surface area (Å²) in [4.78, 5) is 10.9. The third-order valence-corrected chi connectivity index (χ3v) is 1.86. The molecule has 68 valence electrons. The van der Waals surface area contributed by atoms with Crippen molar-refractivity contribution in [1.82, 2.24) is 0 Å². The first-order chi connectivity index (χ1) is 6.15. The Hall–Kier alpha value is -1.64. The highest BCUT2D eigenvalue weighted by Crippen LogP contribution is 2.06. The van der Waals surface area contributed by atoms with E-state index in [1.807, 2.05) is 0 Å². The molecule has 0 aliphatic heterocycles. The molecule has 0 saturated carbocycles. The van der Waals surface area contributed by atoms with Crippen LogP contribution in [0.3, 0.4) is 0 Å². The van der Waals surface area contributed by atoms with E-state index >= 15 is 0 Å². The fourth-order valence-electron chi connectivity index (χ4n) is 1.00. The smallest absolute Gasteiger partial charge is 0.159 e. The molecule has 1 N–H and O–H groups in total. The Balaban J connectivity index is 3.00. The van der Waals surface area contributed by atoms with E-state index in [9.17, 15) is 4.79 Å². The van der Waals surface area contributed by atoms with E-state index < -0.39 is 0 Å². The van der Waals surface area contributed by atoms with Gasteiger partial charge in [0, 0.05) is 5.56 Å². The Morgan fingerprint density at radius 2 is 1.62 bits per heavy atom. The summed E-state index contributed by atoms with van der Waals surface area (Å²) in [5, 5.41) is 11.6. The minimum absolute atomic E-state index is 0.0325. The minimum Gasteiger partial charge on any atom is -0.411 e. The second-order valence-corrected chi connectivity index (χ2v) is 2.82. The molecule has 0 spiro atoms. The number of hydrogen-bond acceptors (Lipinski definition) is 3. The molecule has 0 bridgehead atoms. The van der Waals surface area contributed by atoms with Gasteiger partial charge in [0.05, 0.1) is 5.71 Å². The molecule has 1 aromatic rings. The summed E-state index contributed by atoms with van der Waals surface area (Å²) in [5.74, 6) is 0.0325. The van der Waals surface area contributed by atoms with Crippen LogP contribution in [0.2, 0.25) is 0 Å². The summed E-state index contributed by atoms with van der Waals surface area (Å²) < 4.78 is 0. The van der Waals surface area contributed by atoms with Crippen molar-refractivity contribution >= 4 is 11.5 Å². The van der Waals surface area contributed by atoms with Crippen molar-refractivity contribution in [3.63, 3.8) is 0 Å². The van der Waals surface area contributed by atoms with Crippen molar-refractivity contribution in [2.45, 2.75) is 13.8 Å². The molecule has 0 unspecified atom stereocenters. The summed E-state index contributed by atoms with van der Waals surface area (Å²) in [6, 6.07) is 6.94. The van der Waals surface area contributed by atoms with Gasteiger partial charge in [-0.25, -0.2) is 0 Å². The largest absolute Gasteiger partial charge is 0.411 e. The topological polar surface area (TPSA) is 49.7 Å². The first-order valence-electron chi connectivity index (χ1n) is 3.95. The number of carbonyl (C=O) groups is 1. The highest BCUT2D eigenvalue weighted by molar-refractivity contribution is 6.00. The number of hydrogen-bond donors (Lipinski definition) is 1. The number of nitrogens with zero attached hydrogens (tertiary/aromatic N) is 1. The van der Waals surface area contributed by atoms with Crippen molar-refractivity contribution in [3.8, 4) is 0 Å². The van der Waals surface area contributed by atoms with Crippen molar-refractivity contribution < 1.29 is 10.0 Å². The molecule has 0 fully saturated rings. The second kappa shape index (κ2) is 3.85. The van der Waals surface area contributed by atoms with Gasteiger partial charge >= 0.3 is 0 Å². The van der Waals surface area contributed by atoms with Gasteiger partial charge < -0.3 is 5.21 Å². The number of ketones is 1. The fourth-order valence-corrected chi connectivity index (χ4v) is 1.00. The highest BCUT2D eigenvalue weighted by Gasteiger charge is 2.00. The monoisotopic (exact) mass is 177 g/mol.